The summed E-state index contributed by atoms with van der Waals surface area (Å²) >= 11 is 0. The number of hydrogen-bond donors (Lipinski definition) is 2. The molecule has 1 aliphatic carbocycles. The highest BCUT2D eigenvalue weighted by Gasteiger charge is 2.43. The number of ether oxygens (including phenoxy) is 2. The van der Waals surface area contributed by atoms with Crippen LogP contribution in [0, 0.1) is 0 Å². The van der Waals surface area contributed by atoms with Crippen molar-refractivity contribution in [2.24, 2.45) is 4.99 Å². The molecule has 2 aliphatic rings. The fourth-order valence-electron chi connectivity index (χ4n) is 3.99. The second kappa shape index (κ2) is 10.8. The predicted molar refractivity (Wildman–Crippen MR) is 126 cm³/mol. The maximum Gasteiger partial charge on any atom is 0.191 e. The van der Waals surface area contributed by atoms with Crippen LogP contribution in [-0.4, -0.2) is 58.8 Å². The molecule has 1 spiro atoms. The first-order valence-electron chi connectivity index (χ1n) is 9.91. The fraction of sp³-hybridized carbons (Fsp3) is 0.650. The van der Waals surface area contributed by atoms with Crippen molar-refractivity contribution in [1.82, 2.24) is 10.6 Å². The van der Waals surface area contributed by atoms with Crippen LogP contribution in [0.2, 0.25) is 0 Å². The van der Waals surface area contributed by atoms with Crippen molar-refractivity contribution in [1.29, 1.82) is 0 Å². The first-order chi connectivity index (χ1) is 13.4. The van der Waals surface area contributed by atoms with Gasteiger partial charge in [0.05, 0.1) is 25.0 Å². The van der Waals surface area contributed by atoms with E-state index in [0.717, 1.165) is 30.6 Å². The molecule has 0 radical (unpaired) electrons. The molecule has 164 valence electrons. The highest BCUT2D eigenvalue weighted by atomic mass is 127. The molecule has 3 rings (SSSR count). The minimum Gasteiger partial charge on any atom is -0.487 e. The molecular weight excluding hydrogens is 505 g/mol. The van der Waals surface area contributed by atoms with Gasteiger partial charge < -0.3 is 20.1 Å². The zero-order chi connectivity index (χ0) is 20.0. The van der Waals surface area contributed by atoms with Crippen molar-refractivity contribution >= 4 is 39.8 Å². The van der Waals surface area contributed by atoms with E-state index < -0.39 is 9.84 Å². The lowest BCUT2D eigenvalue weighted by Gasteiger charge is -2.40. The Labute approximate surface area is 191 Å². The van der Waals surface area contributed by atoms with Gasteiger partial charge in [-0.25, -0.2) is 8.42 Å². The number of benzene rings is 1. The zero-order valence-corrected chi connectivity index (χ0v) is 20.3. The Kier molecular flexibility index (Phi) is 9.02. The smallest absolute Gasteiger partial charge is 0.191 e. The molecule has 0 aromatic heterocycles. The number of hydrogen-bond acceptors (Lipinski definition) is 5. The van der Waals surface area contributed by atoms with Crippen LogP contribution in [0.25, 0.3) is 0 Å². The van der Waals surface area contributed by atoms with Crippen LogP contribution in [-0.2, 0) is 14.6 Å². The lowest BCUT2D eigenvalue weighted by molar-refractivity contribution is 0.0395. The van der Waals surface area contributed by atoms with Crippen molar-refractivity contribution in [2.45, 2.75) is 43.7 Å². The quantitative estimate of drug-likeness (QED) is 0.241. The summed E-state index contributed by atoms with van der Waals surface area (Å²) in [6, 6.07) is 8.35. The summed E-state index contributed by atoms with van der Waals surface area (Å²) in [7, 11) is -1.24. The van der Waals surface area contributed by atoms with E-state index in [9.17, 15) is 8.42 Å². The molecule has 9 heteroatoms. The topological polar surface area (TPSA) is 89.0 Å². The van der Waals surface area contributed by atoms with E-state index >= 15 is 0 Å². The minimum atomic E-state index is -2.98. The second-order valence-corrected chi connectivity index (χ2v) is 9.93. The van der Waals surface area contributed by atoms with Gasteiger partial charge in [-0.15, -0.1) is 24.0 Å². The number of nitrogens with one attached hydrogen (secondary N) is 2. The van der Waals surface area contributed by atoms with Gasteiger partial charge in [0.1, 0.15) is 21.2 Å². The normalized spacial score (nSPS) is 20.5. The fourth-order valence-corrected chi connectivity index (χ4v) is 4.41. The SMILES string of the molecule is CN=C(NCCOCCS(C)(=O)=O)NC1CC2(CCCC2)Oc2ccccc21.I. The first-order valence-corrected chi connectivity index (χ1v) is 12.0. The van der Waals surface area contributed by atoms with E-state index in [4.69, 9.17) is 9.47 Å². The van der Waals surface area contributed by atoms with Crippen molar-refractivity contribution < 1.29 is 17.9 Å². The Morgan fingerprint density at radius 2 is 2.00 bits per heavy atom. The van der Waals surface area contributed by atoms with Gasteiger partial charge in [-0.05, 0) is 31.7 Å². The average molecular weight is 537 g/mol. The van der Waals surface area contributed by atoms with Crippen LogP contribution >= 0.6 is 24.0 Å². The molecule has 1 heterocycles. The van der Waals surface area contributed by atoms with Crippen LogP contribution in [0.1, 0.15) is 43.7 Å². The van der Waals surface area contributed by atoms with E-state index in [-0.39, 0.29) is 48.0 Å². The molecule has 7 nitrogen and oxygen atoms in total. The van der Waals surface area contributed by atoms with E-state index in [1.165, 1.54) is 19.1 Å². The highest BCUT2D eigenvalue weighted by molar-refractivity contribution is 14.0. The van der Waals surface area contributed by atoms with E-state index in [1.807, 2.05) is 12.1 Å². The molecule has 1 saturated carbocycles. The summed E-state index contributed by atoms with van der Waals surface area (Å²) in [5.41, 5.74) is 1.09. The Bertz CT molecular complexity index is 795. The maximum atomic E-state index is 11.1. The average Bonchev–Trinajstić information content (AvgIpc) is 3.09. The van der Waals surface area contributed by atoms with Gasteiger partial charge in [-0.1, -0.05) is 18.2 Å². The standard InChI is InChI=1S/C20H31N3O4S.HI/c1-21-19(22-11-12-26-13-14-28(2,24)25)23-17-15-20(9-5-6-10-20)27-18-8-4-3-7-16(17)18;/h3-4,7-8,17H,5-6,9-15H2,1-2H3,(H2,21,22,23);1H. The Hall–Kier alpha value is -1.07. The lowest BCUT2D eigenvalue weighted by atomic mass is 9.86. The molecule has 1 fully saturated rings. The molecule has 2 N–H and O–H groups in total. The summed E-state index contributed by atoms with van der Waals surface area (Å²) in [4.78, 5) is 4.33. The van der Waals surface area contributed by atoms with Gasteiger partial charge in [0.25, 0.3) is 0 Å². The molecule has 0 amide bonds. The van der Waals surface area contributed by atoms with Crippen molar-refractivity contribution in [3.63, 3.8) is 0 Å². The van der Waals surface area contributed by atoms with Crippen molar-refractivity contribution in [3.8, 4) is 5.75 Å². The van der Waals surface area contributed by atoms with E-state index in [0.29, 0.717) is 19.1 Å². The summed E-state index contributed by atoms with van der Waals surface area (Å²) in [5, 5.41) is 6.78. The lowest BCUT2D eigenvalue weighted by Crippen LogP contribution is -2.47. The molecule has 29 heavy (non-hydrogen) atoms. The molecule has 1 aromatic rings. The van der Waals surface area contributed by atoms with Gasteiger partial charge >= 0.3 is 0 Å². The van der Waals surface area contributed by atoms with Crippen LogP contribution in [0.4, 0.5) is 0 Å². The molecular formula is C20H32IN3O4S. The monoisotopic (exact) mass is 537 g/mol. The molecule has 1 unspecified atom stereocenters. The Morgan fingerprint density at radius 3 is 2.69 bits per heavy atom. The molecule has 1 atom stereocenters. The van der Waals surface area contributed by atoms with Crippen LogP contribution < -0.4 is 15.4 Å². The summed E-state index contributed by atoms with van der Waals surface area (Å²) in [6.07, 6.45) is 6.76. The van der Waals surface area contributed by atoms with Crippen LogP contribution in [0.5, 0.6) is 5.75 Å². The Morgan fingerprint density at radius 1 is 1.28 bits per heavy atom. The molecule has 0 bridgehead atoms. The number of sulfone groups is 1. The third kappa shape index (κ3) is 6.99. The second-order valence-electron chi connectivity index (χ2n) is 7.67. The number of rotatable bonds is 7. The first kappa shape index (κ1) is 24.2. The maximum absolute atomic E-state index is 11.1. The largest absolute Gasteiger partial charge is 0.487 e. The Balaban J connectivity index is 0.00000300. The summed E-state index contributed by atoms with van der Waals surface area (Å²) in [6.45, 7) is 1.19. The van der Waals surface area contributed by atoms with Gasteiger partial charge in [-0.3, -0.25) is 4.99 Å². The van der Waals surface area contributed by atoms with E-state index in [2.05, 4.69) is 27.8 Å². The predicted octanol–water partition coefficient (Wildman–Crippen LogP) is 2.67. The number of fused-ring (bicyclic) bond motifs is 1. The van der Waals surface area contributed by atoms with Crippen molar-refractivity contribution in [2.75, 3.05) is 38.8 Å². The van der Waals surface area contributed by atoms with Gasteiger partial charge in [-0.2, -0.15) is 0 Å². The van der Waals surface area contributed by atoms with Crippen LogP contribution in [0.15, 0.2) is 29.3 Å². The zero-order valence-electron chi connectivity index (χ0n) is 17.1. The third-order valence-corrected chi connectivity index (χ3v) is 6.29. The summed E-state index contributed by atoms with van der Waals surface area (Å²) < 4.78 is 34.0. The number of halogens is 1. The number of aliphatic imine (C=N–C) groups is 1. The third-order valence-electron chi connectivity index (χ3n) is 5.38. The van der Waals surface area contributed by atoms with Gasteiger partial charge in [0, 0.05) is 31.8 Å². The summed E-state index contributed by atoms with van der Waals surface area (Å²) in [5.74, 6) is 1.72. The minimum absolute atomic E-state index is 0. The van der Waals surface area contributed by atoms with Crippen molar-refractivity contribution in [3.05, 3.63) is 29.8 Å². The number of para-hydroxylation sites is 1. The van der Waals surface area contributed by atoms with Crippen LogP contribution in [0.3, 0.4) is 0 Å². The number of nitrogens with zero attached hydrogens (tertiary/aromatic N) is 1. The number of guanidine groups is 1. The molecule has 0 saturated heterocycles. The molecule has 1 aromatic carbocycles. The van der Waals surface area contributed by atoms with Gasteiger partial charge in [0.2, 0.25) is 0 Å². The van der Waals surface area contributed by atoms with E-state index in [1.54, 1.807) is 7.05 Å². The highest BCUT2D eigenvalue weighted by Crippen LogP contribution is 2.46. The molecule has 1 aliphatic heterocycles. The van der Waals surface area contributed by atoms with Gasteiger partial charge in [0.15, 0.2) is 5.96 Å².